The van der Waals surface area contributed by atoms with Gasteiger partial charge in [0.15, 0.2) is 0 Å². The molecule has 0 aromatic heterocycles. The average molecular weight is 344 g/mol. The number of nitrogens with zero attached hydrogens (tertiary/aromatic N) is 1. The van der Waals surface area contributed by atoms with Crippen LogP contribution in [0.5, 0.6) is 0 Å². The van der Waals surface area contributed by atoms with Crippen molar-refractivity contribution in [2.45, 2.75) is 51.6 Å². The van der Waals surface area contributed by atoms with Crippen LogP contribution in [-0.4, -0.2) is 42.5 Å². The third-order valence-electron chi connectivity index (χ3n) is 5.19. The zero-order valence-corrected chi connectivity index (χ0v) is 15.1. The van der Waals surface area contributed by atoms with E-state index in [-0.39, 0.29) is 18.0 Å². The third kappa shape index (κ3) is 4.51. The molecule has 2 aliphatic rings. The smallest absolute Gasteiger partial charge is 0.315 e. The Balaban J connectivity index is 1.50. The molecule has 2 aliphatic heterocycles. The second-order valence-corrected chi connectivity index (χ2v) is 7.13. The van der Waals surface area contributed by atoms with Gasteiger partial charge in [-0.15, -0.1) is 0 Å². The van der Waals surface area contributed by atoms with Gasteiger partial charge in [0.2, 0.25) is 5.91 Å². The Morgan fingerprint density at radius 2 is 2.00 bits per heavy atom. The molecule has 2 atom stereocenters. The van der Waals surface area contributed by atoms with Crippen molar-refractivity contribution in [1.29, 1.82) is 0 Å². The van der Waals surface area contributed by atoms with Crippen molar-refractivity contribution >= 4 is 17.6 Å². The fraction of sp³-hybridized carbons (Fsp3) is 0.579. The van der Waals surface area contributed by atoms with Crippen LogP contribution in [-0.2, 0) is 11.2 Å². The number of nitrogens with one attached hydrogen (secondary N) is 3. The van der Waals surface area contributed by atoms with Gasteiger partial charge in [0, 0.05) is 24.7 Å². The van der Waals surface area contributed by atoms with Gasteiger partial charge in [-0.2, -0.15) is 0 Å². The van der Waals surface area contributed by atoms with Gasteiger partial charge in [-0.3, -0.25) is 9.69 Å². The van der Waals surface area contributed by atoms with Crippen molar-refractivity contribution in [3.63, 3.8) is 0 Å². The summed E-state index contributed by atoms with van der Waals surface area (Å²) in [7, 11) is 0. The molecule has 136 valence electrons. The Morgan fingerprint density at radius 1 is 1.24 bits per heavy atom. The molecule has 3 rings (SSSR count). The molecule has 3 N–H and O–H groups in total. The first kappa shape index (κ1) is 17.7. The van der Waals surface area contributed by atoms with Gasteiger partial charge in [0.05, 0.1) is 6.04 Å². The van der Waals surface area contributed by atoms with E-state index in [1.807, 2.05) is 19.1 Å². The second-order valence-electron chi connectivity index (χ2n) is 7.13. The summed E-state index contributed by atoms with van der Waals surface area (Å²) in [4.78, 5) is 26.0. The van der Waals surface area contributed by atoms with E-state index in [2.05, 4.69) is 33.8 Å². The average Bonchev–Trinajstić information content (AvgIpc) is 3.13. The molecule has 2 heterocycles. The van der Waals surface area contributed by atoms with E-state index >= 15 is 0 Å². The van der Waals surface area contributed by atoms with E-state index in [1.54, 1.807) is 0 Å². The first-order valence-corrected chi connectivity index (χ1v) is 9.24. The Labute approximate surface area is 149 Å². The van der Waals surface area contributed by atoms with Crippen LogP contribution in [0.3, 0.4) is 0 Å². The molecule has 1 aromatic carbocycles. The molecule has 6 heteroatoms. The minimum absolute atomic E-state index is 0.0675. The van der Waals surface area contributed by atoms with Crippen molar-refractivity contribution in [2.24, 2.45) is 0 Å². The predicted octanol–water partition coefficient (Wildman–Crippen LogP) is 2.42. The second kappa shape index (κ2) is 7.87. The highest BCUT2D eigenvalue weighted by atomic mass is 16.2. The maximum absolute atomic E-state index is 12.2. The Morgan fingerprint density at radius 3 is 2.76 bits per heavy atom. The number of fused-ring (bicyclic) bond motifs is 1. The summed E-state index contributed by atoms with van der Waals surface area (Å²) in [6.45, 7) is 7.06. The first-order valence-electron chi connectivity index (χ1n) is 9.24. The molecule has 0 saturated carbocycles. The maximum atomic E-state index is 12.2. The van der Waals surface area contributed by atoms with Gasteiger partial charge in [-0.1, -0.05) is 12.1 Å². The van der Waals surface area contributed by atoms with Crippen molar-refractivity contribution in [3.8, 4) is 0 Å². The summed E-state index contributed by atoms with van der Waals surface area (Å²) in [5.41, 5.74) is 3.07. The van der Waals surface area contributed by atoms with Crippen LogP contribution in [0.25, 0.3) is 0 Å². The van der Waals surface area contributed by atoms with Crippen LogP contribution in [0.15, 0.2) is 18.2 Å². The summed E-state index contributed by atoms with van der Waals surface area (Å²) in [5.74, 6) is 0.0675. The molecule has 3 amide bonds. The van der Waals surface area contributed by atoms with Gasteiger partial charge >= 0.3 is 6.03 Å². The van der Waals surface area contributed by atoms with Crippen LogP contribution >= 0.6 is 0 Å². The Bertz CT molecular complexity index is 640. The molecule has 1 fully saturated rings. The zero-order chi connectivity index (χ0) is 17.8. The molecule has 0 bridgehead atoms. The lowest BCUT2D eigenvalue weighted by molar-refractivity contribution is -0.116. The molecule has 0 spiro atoms. The number of rotatable bonds is 5. The quantitative estimate of drug-likeness (QED) is 0.768. The zero-order valence-electron chi connectivity index (χ0n) is 15.1. The minimum Gasteiger partial charge on any atom is -0.337 e. The molecule has 6 nitrogen and oxygen atoms in total. The third-order valence-corrected chi connectivity index (χ3v) is 5.19. The SMILES string of the molecule is C[C@H](NC(=O)NC[C@H](C)N1CCCC1)c1ccc2c(c1)CCC(=O)N2. The number of hydrogen-bond donors (Lipinski definition) is 3. The predicted molar refractivity (Wildman–Crippen MR) is 98.6 cm³/mol. The van der Waals surface area contributed by atoms with Crippen molar-refractivity contribution in [2.75, 3.05) is 25.0 Å². The van der Waals surface area contributed by atoms with Crippen LogP contribution < -0.4 is 16.0 Å². The number of urea groups is 1. The van der Waals surface area contributed by atoms with E-state index in [0.29, 0.717) is 19.0 Å². The molecular weight excluding hydrogens is 316 g/mol. The lowest BCUT2D eigenvalue weighted by atomic mass is 9.98. The van der Waals surface area contributed by atoms with Crippen LogP contribution in [0.4, 0.5) is 10.5 Å². The van der Waals surface area contributed by atoms with Crippen LogP contribution in [0, 0.1) is 0 Å². The largest absolute Gasteiger partial charge is 0.337 e. The number of carbonyl (C=O) groups excluding carboxylic acids is 2. The Hall–Kier alpha value is -2.08. The summed E-state index contributed by atoms with van der Waals surface area (Å²) in [6.07, 6.45) is 3.78. The lowest BCUT2D eigenvalue weighted by Crippen LogP contribution is -2.44. The van der Waals surface area contributed by atoms with E-state index < -0.39 is 0 Å². The minimum atomic E-state index is -0.135. The van der Waals surface area contributed by atoms with Gasteiger partial charge in [0.25, 0.3) is 0 Å². The number of hydrogen-bond acceptors (Lipinski definition) is 3. The number of amides is 3. The summed E-state index contributed by atoms with van der Waals surface area (Å²) < 4.78 is 0. The van der Waals surface area contributed by atoms with Gasteiger partial charge in [-0.05, 0) is 63.4 Å². The highest BCUT2D eigenvalue weighted by Gasteiger charge is 2.19. The molecule has 25 heavy (non-hydrogen) atoms. The lowest BCUT2D eigenvalue weighted by Gasteiger charge is -2.24. The summed E-state index contributed by atoms with van der Waals surface area (Å²) in [5, 5.41) is 8.86. The van der Waals surface area contributed by atoms with Gasteiger partial charge < -0.3 is 16.0 Å². The molecule has 0 aliphatic carbocycles. The normalized spacial score (nSPS) is 19.7. The molecule has 1 aromatic rings. The molecular formula is C19H28N4O2. The van der Waals surface area contributed by atoms with Crippen LogP contribution in [0.1, 0.15) is 50.3 Å². The van der Waals surface area contributed by atoms with Crippen molar-refractivity contribution in [1.82, 2.24) is 15.5 Å². The number of anilines is 1. The van der Waals surface area contributed by atoms with Crippen molar-refractivity contribution in [3.05, 3.63) is 29.3 Å². The van der Waals surface area contributed by atoms with Crippen LogP contribution in [0.2, 0.25) is 0 Å². The topological polar surface area (TPSA) is 73.5 Å². The maximum Gasteiger partial charge on any atom is 0.315 e. The molecule has 0 unspecified atom stereocenters. The highest BCUT2D eigenvalue weighted by molar-refractivity contribution is 5.93. The standard InChI is InChI=1S/C19H28N4O2/c1-13(23-9-3-4-10-23)12-20-19(25)21-14(2)15-5-7-17-16(11-15)6-8-18(24)22-17/h5,7,11,13-14H,3-4,6,8-10,12H2,1-2H3,(H,22,24)(H2,20,21,25)/t13-,14-/m0/s1. The summed E-state index contributed by atoms with van der Waals surface area (Å²) >= 11 is 0. The summed E-state index contributed by atoms with van der Waals surface area (Å²) in [6, 6.07) is 6.12. The van der Waals surface area contributed by atoms with Gasteiger partial charge in [-0.25, -0.2) is 4.79 Å². The fourth-order valence-corrected chi connectivity index (χ4v) is 3.56. The number of carbonyl (C=O) groups is 2. The van der Waals surface area contributed by atoms with E-state index in [4.69, 9.17) is 0 Å². The Kier molecular flexibility index (Phi) is 5.58. The number of aryl methyl sites for hydroxylation is 1. The van der Waals surface area contributed by atoms with E-state index in [9.17, 15) is 9.59 Å². The first-order chi connectivity index (χ1) is 12.0. The van der Waals surface area contributed by atoms with Crippen molar-refractivity contribution < 1.29 is 9.59 Å². The monoisotopic (exact) mass is 344 g/mol. The number of benzene rings is 1. The highest BCUT2D eigenvalue weighted by Crippen LogP contribution is 2.26. The van der Waals surface area contributed by atoms with E-state index in [0.717, 1.165) is 36.3 Å². The van der Waals surface area contributed by atoms with Gasteiger partial charge in [0.1, 0.15) is 0 Å². The number of likely N-dealkylation sites (tertiary alicyclic amines) is 1. The fourth-order valence-electron chi connectivity index (χ4n) is 3.56. The molecule has 0 radical (unpaired) electrons. The molecule has 1 saturated heterocycles. The van der Waals surface area contributed by atoms with E-state index in [1.165, 1.54) is 12.8 Å².